The van der Waals surface area contributed by atoms with Crippen molar-refractivity contribution in [3.63, 3.8) is 0 Å². The average molecular weight is 348 g/mol. The third-order valence-electron chi connectivity index (χ3n) is 3.09. The third kappa shape index (κ3) is 2.16. The lowest BCUT2D eigenvalue weighted by Gasteiger charge is -2.02. The first-order valence-electron chi connectivity index (χ1n) is 6.31. The lowest BCUT2D eigenvalue weighted by Crippen LogP contribution is -1.92. The molecule has 0 bridgehead atoms. The number of fused-ring (bicyclic) bond motifs is 1. The minimum absolute atomic E-state index is 0.512. The Kier molecular flexibility index (Phi) is 3.29. The van der Waals surface area contributed by atoms with Gasteiger partial charge in [-0.2, -0.15) is 9.61 Å². The highest BCUT2D eigenvalue weighted by Crippen LogP contribution is 2.35. The summed E-state index contributed by atoms with van der Waals surface area (Å²) in [6, 6.07) is 9.12. The molecule has 4 rings (SSSR count). The van der Waals surface area contributed by atoms with Gasteiger partial charge in [0.25, 0.3) is 0 Å². The van der Waals surface area contributed by atoms with Crippen molar-refractivity contribution in [3.05, 3.63) is 52.8 Å². The second kappa shape index (κ2) is 5.31. The van der Waals surface area contributed by atoms with Gasteiger partial charge in [0, 0.05) is 18.0 Å². The van der Waals surface area contributed by atoms with Crippen LogP contribution in [0, 0.1) is 0 Å². The van der Waals surface area contributed by atoms with E-state index in [0.29, 0.717) is 26.4 Å². The van der Waals surface area contributed by atoms with Crippen molar-refractivity contribution < 1.29 is 0 Å². The maximum atomic E-state index is 6.25. The van der Waals surface area contributed by atoms with E-state index in [1.54, 1.807) is 35.1 Å². The van der Waals surface area contributed by atoms with E-state index in [2.05, 4.69) is 20.3 Å². The SMILES string of the molecule is Clc1cccc(Cl)c1-c1nnc2sc(-c3cccnc3)nn12. The molecule has 3 aromatic heterocycles. The second-order valence-corrected chi connectivity index (χ2v) is 6.23. The monoisotopic (exact) mass is 347 g/mol. The highest BCUT2D eigenvalue weighted by atomic mass is 35.5. The molecule has 0 atom stereocenters. The van der Waals surface area contributed by atoms with Crippen molar-refractivity contribution >= 4 is 39.5 Å². The van der Waals surface area contributed by atoms with Gasteiger partial charge < -0.3 is 0 Å². The third-order valence-corrected chi connectivity index (χ3v) is 4.66. The molecule has 0 amide bonds. The molecule has 0 N–H and O–H groups in total. The van der Waals surface area contributed by atoms with Crippen LogP contribution in [0.4, 0.5) is 0 Å². The van der Waals surface area contributed by atoms with Crippen LogP contribution < -0.4 is 0 Å². The quantitative estimate of drug-likeness (QED) is 0.544. The van der Waals surface area contributed by atoms with Crippen LogP contribution in [0.2, 0.25) is 10.0 Å². The van der Waals surface area contributed by atoms with E-state index in [-0.39, 0.29) is 0 Å². The van der Waals surface area contributed by atoms with Gasteiger partial charge in [-0.05, 0) is 24.3 Å². The fourth-order valence-electron chi connectivity index (χ4n) is 2.09. The Bertz CT molecular complexity index is 944. The van der Waals surface area contributed by atoms with Crippen LogP contribution in [0.1, 0.15) is 0 Å². The van der Waals surface area contributed by atoms with Crippen LogP contribution in [-0.4, -0.2) is 24.8 Å². The molecule has 22 heavy (non-hydrogen) atoms. The van der Waals surface area contributed by atoms with Gasteiger partial charge >= 0.3 is 0 Å². The molecule has 8 heteroatoms. The number of nitrogens with zero attached hydrogens (tertiary/aromatic N) is 5. The van der Waals surface area contributed by atoms with E-state index < -0.39 is 0 Å². The van der Waals surface area contributed by atoms with Crippen LogP contribution in [0.25, 0.3) is 26.9 Å². The average Bonchev–Trinajstić information content (AvgIpc) is 3.10. The summed E-state index contributed by atoms with van der Waals surface area (Å²) in [4.78, 5) is 4.77. The minimum Gasteiger partial charge on any atom is -0.264 e. The Labute approximate surface area is 139 Å². The zero-order chi connectivity index (χ0) is 15.1. The molecular formula is C14H7Cl2N5S. The molecule has 3 heterocycles. The van der Waals surface area contributed by atoms with E-state index in [0.717, 1.165) is 10.6 Å². The van der Waals surface area contributed by atoms with Crippen LogP contribution in [0.15, 0.2) is 42.7 Å². The molecule has 0 saturated heterocycles. The Morgan fingerprint density at radius 3 is 2.55 bits per heavy atom. The van der Waals surface area contributed by atoms with Crippen LogP contribution in [0.3, 0.4) is 0 Å². The Balaban J connectivity index is 1.92. The number of benzene rings is 1. The molecule has 0 spiro atoms. The van der Waals surface area contributed by atoms with Gasteiger partial charge in [0.2, 0.25) is 4.96 Å². The standard InChI is InChI=1S/C14H7Cl2N5S/c15-9-4-1-5-10(16)11(9)12-18-19-14-21(12)20-13(22-14)8-3-2-6-17-7-8/h1-7H. The summed E-state index contributed by atoms with van der Waals surface area (Å²) in [6.45, 7) is 0. The summed E-state index contributed by atoms with van der Waals surface area (Å²) in [5.74, 6) is 0.525. The first-order valence-corrected chi connectivity index (χ1v) is 7.88. The summed E-state index contributed by atoms with van der Waals surface area (Å²) in [5, 5.41) is 14.7. The van der Waals surface area contributed by atoms with Crippen molar-refractivity contribution in [2.24, 2.45) is 0 Å². The highest BCUT2D eigenvalue weighted by molar-refractivity contribution is 7.19. The van der Waals surface area contributed by atoms with Gasteiger partial charge in [-0.25, -0.2) is 0 Å². The van der Waals surface area contributed by atoms with E-state index in [1.165, 1.54) is 11.3 Å². The first kappa shape index (κ1) is 13.6. The molecule has 4 aromatic rings. The molecule has 0 aliphatic rings. The molecular weight excluding hydrogens is 341 g/mol. The van der Waals surface area contributed by atoms with Crippen molar-refractivity contribution in [3.8, 4) is 22.0 Å². The van der Waals surface area contributed by atoms with Crippen LogP contribution in [-0.2, 0) is 0 Å². The van der Waals surface area contributed by atoms with Crippen LogP contribution >= 0.6 is 34.5 Å². The molecule has 0 saturated carbocycles. The molecule has 0 aliphatic heterocycles. The van der Waals surface area contributed by atoms with Crippen LogP contribution in [0.5, 0.6) is 0 Å². The van der Waals surface area contributed by atoms with Gasteiger partial charge in [0.1, 0.15) is 5.01 Å². The molecule has 0 unspecified atom stereocenters. The number of halogens is 2. The van der Waals surface area contributed by atoms with Crippen molar-refractivity contribution in [1.82, 2.24) is 24.8 Å². The predicted octanol–water partition coefficient (Wildman–Crippen LogP) is 4.22. The van der Waals surface area contributed by atoms with E-state index in [1.807, 2.05) is 12.1 Å². The summed E-state index contributed by atoms with van der Waals surface area (Å²) >= 11 is 13.9. The summed E-state index contributed by atoms with van der Waals surface area (Å²) in [5.41, 5.74) is 1.55. The smallest absolute Gasteiger partial charge is 0.235 e. The summed E-state index contributed by atoms with van der Waals surface area (Å²) in [7, 11) is 0. The molecule has 0 fully saturated rings. The van der Waals surface area contributed by atoms with E-state index >= 15 is 0 Å². The van der Waals surface area contributed by atoms with Gasteiger partial charge in [-0.3, -0.25) is 4.98 Å². The van der Waals surface area contributed by atoms with Gasteiger partial charge in [0.05, 0.1) is 15.6 Å². The number of hydrogen-bond acceptors (Lipinski definition) is 5. The van der Waals surface area contributed by atoms with Gasteiger partial charge in [-0.15, -0.1) is 10.2 Å². The lowest BCUT2D eigenvalue weighted by atomic mass is 10.2. The summed E-state index contributed by atoms with van der Waals surface area (Å²) in [6.07, 6.45) is 3.48. The van der Waals surface area contributed by atoms with Crippen molar-refractivity contribution in [1.29, 1.82) is 0 Å². The topological polar surface area (TPSA) is 56.0 Å². The number of aromatic nitrogens is 5. The molecule has 108 valence electrons. The number of rotatable bonds is 2. The fraction of sp³-hybridized carbons (Fsp3) is 0. The minimum atomic E-state index is 0.512. The zero-order valence-corrected chi connectivity index (χ0v) is 13.3. The summed E-state index contributed by atoms with van der Waals surface area (Å²) < 4.78 is 1.65. The predicted molar refractivity (Wildman–Crippen MR) is 87.3 cm³/mol. The Morgan fingerprint density at radius 1 is 1.00 bits per heavy atom. The lowest BCUT2D eigenvalue weighted by molar-refractivity contribution is 0.970. The maximum absolute atomic E-state index is 6.25. The zero-order valence-electron chi connectivity index (χ0n) is 10.9. The largest absolute Gasteiger partial charge is 0.264 e. The Morgan fingerprint density at radius 2 is 1.82 bits per heavy atom. The highest BCUT2D eigenvalue weighted by Gasteiger charge is 2.18. The number of pyridine rings is 1. The van der Waals surface area contributed by atoms with Crippen molar-refractivity contribution in [2.75, 3.05) is 0 Å². The second-order valence-electron chi connectivity index (χ2n) is 4.46. The fourth-order valence-corrected chi connectivity index (χ4v) is 3.49. The van der Waals surface area contributed by atoms with E-state index in [9.17, 15) is 0 Å². The Hall–Kier alpha value is -2.02. The number of hydrogen-bond donors (Lipinski definition) is 0. The maximum Gasteiger partial charge on any atom is 0.235 e. The van der Waals surface area contributed by atoms with Gasteiger partial charge in [-0.1, -0.05) is 40.6 Å². The van der Waals surface area contributed by atoms with Crippen molar-refractivity contribution in [2.45, 2.75) is 0 Å². The molecule has 0 aliphatic carbocycles. The van der Waals surface area contributed by atoms with Gasteiger partial charge in [0.15, 0.2) is 5.82 Å². The molecule has 0 radical (unpaired) electrons. The molecule has 5 nitrogen and oxygen atoms in total. The van der Waals surface area contributed by atoms with E-state index in [4.69, 9.17) is 23.2 Å². The first-order chi connectivity index (χ1) is 10.7. The normalized spacial score (nSPS) is 11.2. The molecule has 1 aromatic carbocycles.